The predicted molar refractivity (Wildman–Crippen MR) is 192 cm³/mol. The fourth-order valence-electron chi connectivity index (χ4n) is 7.09. The molecule has 9 aromatic rings. The Balaban J connectivity index is 1.25. The largest absolute Gasteiger partial charge is 0.309 e. The van der Waals surface area contributed by atoms with Crippen LogP contribution in [0, 0.1) is 0 Å². The van der Waals surface area contributed by atoms with Crippen molar-refractivity contribution in [2.24, 2.45) is 0 Å². The van der Waals surface area contributed by atoms with Gasteiger partial charge >= 0.3 is 0 Å². The SMILES string of the molecule is c1ccc(-c2nc(-c3cccc4c(N5c6ccccc6-c6cccc7cccc5c67)cccc34)nc3c2sc2ccccc23)nc1. The molecule has 0 radical (unpaired) electrons. The lowest BCUT2D eigenvalue weighted by Gasteiger charge is -2.34. The maximum absolute atomic E-state index is 5.27. The van der Waals surface area contributed by atoms with Crippen LogP contribution in [0.3, 0.4) is 0 Å². The molecule has 0 unspecified atom stereocenters. The van der Waals surface area contributed by atoms with Gasteiger partial charge in [-0.15, -0.1) is 11.3 Å². The van der Waals surface area contributed by atoms with Gasteiger partial charge < -0.3 is 4.90 Å². The summed E-state index contributed by atoms with van der Waals surface area (Å²) < 4.78 is 2.25. The third-order valence-corrected chi connectivity index (χ3v) is 10.2. The van der Waals surface area contributed by atoms with Crippen LogP contribution in [0.2, 0.25) is 0 Å². The van der Waals surface area contributed by atoms with Crippen molar-refractivity contribution in [3.8, 4) is 33.9 Å². The summed E-state index contributed by atoms with van der Waals surface area (Å²) in [5, 5.41) is 5.90. The molecular weight excluding hydrogens is 581 g/mol. The molecular formula is C41H24N4S. The van der Waals surface area contributed by atoms with Crippen molar-refractivity contribution >= 4 is 70.2 Å². The smallest absolute Gasteiger partial charge is 0.161 e. The van der Waals surface area contributed by atoms with Crippen LogP contribution in [0.1, 0.15) is 0 Å². The van der Waals surface area contributed by atoms with Crippen LogP contribution in [0.25, 0.3) is 75.8 Å². The molecule has 214 valence electrons. The van der Waals surface area contributed by atoms with Gasteiger partial charge in [0.1, 0.15) is 5.69 Å². The van der Waals surface area contributed by atoms with Crippen LogP contribution >= 0.6 is 11.3 Å². The fourth-order valence-corrected chi connectivity index (χ4v) is 8.23. The number of pyridine rings is 1. The summed E-state index contributed by atoms with van der Waals surface area (Å²) in [7, 11) is 0. The highest BCUT2D eigenvalue weighted by molar-refractivity contribution is 7.26. The summed E-state index contributed by atoms with van der Waals surface area (Å²) >= 11 is 1.73. The Morgan fingerprint density at radius 1 is 0.500 bits per heavy atom. The molecule has 1 aliphatic heterocycles. The summed E-state index contributed by atoms with van der Waals surface area (Å²) in [4.78, 5) is 17.6. The highest BCUT2D eigenvalue weighted by Gasteiger charge is 2.27. The predicted octanol–water partition coefficient (Wildman–Crippen LogP) is 11.3. The molecule has 6 aromatic carbocycles. The molecule has 0 saturated heterocycles. The van der Waals surface area contributed by atoms with Gasteiger partial charge in [-0.3, -0.25) is 4.98 Å². The highest BCUT2D eigenvalue weighted by atomic mass is 32.1. The van der Waals surface area contributed by atoms with Crippen molar-refractivity contribution in [3.05, 3.63) is 146 Å². The number of thiophene rings is 1. The Morgan fingerprint density at radius 3 is 2.13 bits per heavy atom. The number of anilines is 3. The second kappa shape index (κ2) is 9.80. The Hall–Kier alpha value is -5.91. The summed E-state index contributed by atoms with van der Waals surface area (Å²) in [6.07, 6.45) is 1.83. The van der Waals surface area contributed by atoms with E-state index in [4.69, 9.17) is 15.0 Å². The Bertz CT molecular complexity index is 2650. The molecule has 3 aromatic heterocycles. The van der Waals surface area contributed by atoms with Crippen LogP contribution in [-0.4, -0.2) is 15.0 Å². The van der Waals surface area contributed by atoms with Crippen molar-refractivity contribution in [2.75, 3.05) is 4.90 Å². The summed E-state index contributed by atoms with van der Waals surface area (Å²) in [6.45, 7) is 0. The Morgan fingerprint density at radius 2 is 1.20 bits per heavy atom. The van der Waals surface area contributed by atoms with Crippen LogP contribution in [-0.2, 0) is 0 Å². The van der Waals surface area contributed by atoms with Crippen LogP contribution < -0.4 is 4.90 Å². The van der Waals surface area contributed by atoms with Crippen LogP contribution in [0.15, 0.2) is 146 Å². The summed E-state index contributed by atoms with van der Waals surface area (Å²) in [5.41, 5.74) is 9.66. The first-order valence-corrected chi connectivity index (χ1v) is 16.2. The van der Waals surface area contributed by atoms with Gasteiger partial charge in [0.05, 0.1) is 33.0 Å². The lowest BCUT2D eigenvalue weighted by Crippen LogP contribution is -2.15. The molecule has 46 heavy (non-hydrogen) atoms. The lowest BCUT2D eigenvalue weighted by atomic mass is 9.90. The van der Waals surface area contributed by atoms with Crippen molar-refractivity contribution in [3.63, 3.8) is 0 Å². The molecule has 4 nitrogen and oxygen atoms in total. The second-order valence-corrected chi connectivity index (χ2v) is 12.7. The molecule has 0 fully saturated rings. The summed E-state index contributed by atoms with van der Waals surface area (Å²) in [6, 6.07) is 49.4. The molecule has 0 N–H and O–H groups in total. The molecule has 0 spiro atoms. The van der Waals surface area contributed by atoms with E-state index in [-0.39, 0.29) is 0 Å². The number of aromatic nitrogens is 3. The molecule has 0 saturated carbocycles. The highest BCUT2D eigenvalue weighted by Crippen LogP contribution is 2.52. The number of nitrogens with zero attached hydrogens (tertiary/aromatic N) is 4. The minimum atomic E-state index is 0.700. The number of fused-ring (bicyclic) bond motifs is 6. The number of benzene rings is 6. The quantitative estimate of drug-likeness (QED) is 0.201. The van der Waals surface area contributed by atoms with E-state index >= 15 is 0 Å². The third-order valence-electron chi connectivity index (χ3n) is 9.07. The van der Waals surface area contributed by atoms with E-state index in [1.54, 1.807) is 11.3 Å². The number of para-hydroxylation sites is 1. The van der Waals surface area contributed by atoms with Gasteiger partial charge in [-0.2, -0.15) is 0 Å². The second-order valence-electron chi connectivity index (χ2n) is 11.6. The third kappa shape index (κ3) is 3.63. The zero-order valence-corrected chi connectivity index (χ0v) is 25.4. The topological polar surface area (TPSA) is 41.9 Å². The van der Waals surface area contributed by atoms with Gasteiger partial charge in [-0.05, 0) is 52.7 Å². The molecule has 10 rings (SSSR count). The van der Waals surface area contributed by atoms with E-state index in [1.165, 1.54) is 38.0 Å². The minimum absolute atomic E-state index is 0.700. The van der Waals surface area contributed by atoms with Crippen LogP contribution in [0.5, 0.6) is 0 Å². The Kier molecular flexibility index (Phi) is 5.41. The van der Waals surface area contributed by atoms with Gasteiger partial charge in [-0.1, -0.05) is 103 Å². The van der Waals surface area contributed by atoms with Crippen molar-refractivity contribution in [1.29, 1.82) is 0 Å². The lowest BCUT2D eigenvalue weighted by molar-refractivity contribution is 1.21. The van der Waals surface area contributed by atoms with E-state index < -0.39 is 0 Å². The van der Waals surface area contributed by atoms with E-state index in [0.717, 1.165) is 49.0 Å². The number of hydrogen-bond acceptors (Lipinski definition) is 5. The van der Waals surface area contributed by atoms with Crippen molar-refractivity contribution in [1.82, 2.24) is 15.0 Å². The molecule has 0 amide bonds. The van der Waals surface area contributed by atoms with Gasteiger partial charge in [0.2, 0.25) is 0 Å². The number of hydrogen-bond donors (Lipinski definition) is 0. The minimum Gasteiger partial charge on any atom is -0.309 e. The van der Waals surface area contributed by atoms with Gasteiger partial charge in [0.15, 0.2) is 5.82 Å². The first-order chi connectivity index (χ1) is 22.8. The van der Waals surface area contributed by atoms with Gasteiger partial charge in [-0.25, -0.2) is 9.97 Å². The number of rotatable bonds is 3. The molecule has 1 aliphatic rings. The van der Waals surface area contributed by atoms with Crippen molar-refractivity contribution < 1.29 is 0 Å². The summed E-state index contributed by atoms with van der Waals surface area (Å²) in [5.74, 6) is 0.700. The molecule has 4 heterocycles. The van der Waals surface area contributed by atoms with Gasteiger partial charge in [0.25, 0.3) is 0 Å². The van der Waals surface area contributed by atoms with Crippen molar-refractivity contribution in [2.45, 2.75) is 0 Å². The first kappa shape index (κ1) is 25.4. The molecule has 5 heteroatoms. The molecule has 0 bridgehead atoms. The first-order valence-electron chi connectivity index (χ1n) is 15.4. The maximum Gasteiger partial charge on any atom is 0.161 e. The average Bonchev–Trinajstić information content (AvgIpc) is 3.50. The maximum atomic E-state index is 5.27. The standard InChI is InChI=1S/C41H24N4S/c1-3-20-33-28(13-1)29-17-7-11-25-12-8-22-35(37(25)29)45(33)34-21-10-15-26-27(34)16-9-18-30(26)41-43-38-31-14-2-4-23-36(31)46-40(38)39(44-41)32-19-5-6-24-42-32/h1-24H. The zero-order valence-electron chi connectivity index (χ0n) is 24.6. The molecule has 0 aliphatic carbocycles. The average molecular weight is 605 g/mol. The van der Waals surface area contributed by atoms with Gasteiger partial charge in [0, 0.05) is 38.2 Å². The monoisotopic (exact) mass is 604 g/mol. The van der Waals surface area contributed by atoms with E-state index in [2.05, 4.69) is 126 Å². The van der Waals surface area contributed by atoms with Crippen LogP contribution in [0.4, 0.5) is 17.1 Å². The normalized spacial score (nSPS) is 12.3. The van der Waals surface area contributed by atoms with E-state index in [0.29, 0.717) is 5.82 Å². The van der Waals surface area contributed by atoms with E-state index in [9.17, 15) is 0 Å². The zero-order chi connectivity index (χ0) is 30.2. The van der Waals surface area contributed by atoms with E-state index in [1.807, 2.05) is 24.4 Å². The fraction of sp³-hybridized carbons (Fsp3) is 0. The molecule has 0 atom stereocenters. The Labute approximate surface area is 268 Å².